The van der Waals surface area contributed by atoms with Gasteiger partial charge in [-0.15, -0.1) is 0 Å². The van der Waals surface area contributed by atoms with Gasteiger partial charge in [-0.1, -0.05) is 83.8 Å². The van der Waals surface area contributed by atoms with Gasteiger partial charge in [0.05, 0.1) is 6.61 Å². The van der Waals surface area contributed by atoms with Crippen LogP contribution in [-0.4, -0.2) is 36.0 Å². The van der Waals surface area contributed by atoms with Gasteiger partial charge >= 0.3 is 5.97 Å². The van der Waals surface area contributed by atoms with Crippen molar-refractivity contribution < 1.29 is 14.3 Å². The molecule has 1 aromatic rings. The number of unbranched alkanes of at least 4 members (excludes halogenated alkanes) is 9. The minimum atomic E-state index is -0.425. The number of benzene rings is 1. The highest BCUT2D eigenvalue weighted by molar-refractivity contribution is 5.97. The number of amides is 1. The van der Waals surface area contributed by atoms with Gasteiger partial charge < -0.3 is 9.64 Å². The second-order valence-electron chi connectivity index (χ2n) is 8.95. The Balaban J connectivity index is 1.68. The van der Waals surface area contributed by atoms with Crippen molar-refractivity contribution in [2.24, 2.45) is 0 Å². The van der Waals surface area contributed by atoms with E-state index in [-0.39, 0.29) is 11.9 Å². The molecule has 4 heteroatoms. The number of rotatable bonds is 15. The van der Waals surface area contributed by atoms with Crippen LogP contribution in [0.5, 0.6) is 0 Å². The molecule has 0 saturated carbocycles. The first kappa shape index (κ1) is 25.4. The third kappa shape index (κ3) is 9.04. The van der Waals surface area contributed by atoms with Crippen molar-refractivity contribution in [2.75, 3.05) is 13.2 Å². The van der Waals surface area contributed by atoms with Crippen LogP contribution in [0.2, 0.25) is 0 Å². The Hall–Kier alpha value is -1.84. The minimum Gasteiger partial charge on any atom is -0.464 e. The molecule has 1 aliphatic rings. The molecule has 1 atom stereocenters. The van der Waals surface area contributed by atoms with Crippen molar-refractivity contribution in [3.05, 3.63) is 35.4 Å². The summed E-state index contributed by atoms with van der Waals surface area (Å²) in [7, 11) is 0. The molecule has 1 aliphatic heterocycles. The molecule has 31 heavy (non-hydrogen) atoms. The van der Waals surface area contributed by atoms with Crippen molar-refractivity contribution in [2.45, 2.75) is 110 Å². The zero-order valence-electron chi connectivity index (χ0n) is 19.9. The highest BCUT2D eigenvalue weighted by Gasteiger charge is 2.35. The number of aryl methyl sites for hydroxylation is 1. The van der Waals surface area contributed by atoms with Gasteiger partial charge in [0.1, 0.15) is 6.04 Å². The summed E-state index contributed by atoms with van der Waals surface area (Å²) in [6, 6.07) is 7.45. The summed E-state index contributed by atoms with van der Waals surface area (Å²) in [5.41, 5.74) is 1.93. The van der Waals surface area contributed by atoms with E-state index in [0.29, 0.717) is 25.1 Å². The van der Waals surface area contributed by atoms with Crippen LogP contribution in [0.15, 0.2) is 24.3 Å². The molecule has 0 bridgehead atoms. The molecule has 1 heterocycles. The fourth-order valence-electron chi connectivity index (χ4n) is 4.30. The van der Waals surface area contributed by atoms with Crippen molar-refractivity contribution in [3.8, 4) is 0 Å². The Morgan fingerprint density at radius 2 is 1.48 bits per heavy atom. The van der Waals surface area contributed by atoms with Gasteiger partial charge in [0.2, 0.25) is 0 Å². The standard InChI is InChI=1S/C27H43NO3/c1-3-5-7-8-9-10-11-12-13-22-31-27(30)25-16-14-21-28(25)26(29)24-19-17-23(18-20-24)15-6-4-2/h17-20,25H,3-16,21-22H2,1-2H3. The average molecular weight is 430 g/mol. The monoisotopic (exact) mass is 429 g/mol. The van der Waals surface area contributed by atoms with Gasteiger partial charge in [-0.3, -0.25) is 4.79 Å². The molecule has 1 saturated heterocycles. The van der Waals surface area contributed by atoms with Gasteiger partial charge in [-0.2, -0.15) is 0 Å². The average Bonchev–Trinajstić information content (AvgIpc) is 3.29. The summed E-state index contributed by atoms with van der Waals surface area (Å²) in [5.74, 6) is -0.283. The van der Waals surface area contributed by atoms with E-state index < -0.39 is 6.04 Å². The molecule has 0 aromatic heterocycles. The number of ether oxygens (including phenoxy) is 1. The summed E-state index contributed by atoms with van der Waals surface area (Å²) < 4.78 is 5.53. The van der Waals surface area contributed by atoms with Crippen LogP contribution in [0.1, 0.15) is 113 Å². The highest BCUT2D eigenvalue weighted by atomic mass is 16.5. The molecule has 2 rings (SSSR count). The SMILES string of the molecule is CCCCCCCCCCCOC(=O)C1CCCN1C(=O)c1ccc(CCCC)cc1. The maximum absolute atomic E-state index is 12.9. The lowest BCUT2D eigenvalue weighted by Gasteiger charge is -2.23. The molecule has 1 aromatic carbocycles. The molecule has 1 amide bonds. The zero-order chi connectivity index (χ0) is 22.3. The van der Waals surface area contributed by atoms with Crippen molar-refractivity contribution in [1.82, 2.24) is 4.90 Å². The molecule has 1 fully saturated rings. The number of nitrogens with zero attached hydrogens (tertiary/aromatic N) is 1. The molecule has 0 N–H and O–H groups in total. The zero-order valence-corrected chi connectivity index (χ0v) is 19.9. The predicted molar refractivity (Wildman–Crippen MR) is 127 cm³/mol. The quantitative estimate of drug-likeness (QED) is 0.230. The van der Waals surface area contributed by atoms with Crippen LogP contribution in [0.25, 0.3) is 0 Å². The van der Waals surface area contributed by atoms with Crippen molar-refractivity contribution in [1.29, 1.82) is 0 Å². The molecular formula is C27H43NO3. The number of likely N-dealkylation sites (tertiary alicyclic amines) is 1. The Morgan fingerprint density at radius 3 is 2.13 bits per heavy atom. The molecule has 0 spiro atoms. The van der Waals surface area contributed by atoms with Gasteiger partial charge in [-0.25, -0.2) is 4.79 Å². The van der Waals surface area contributed by atoms with Crippen molar-refractivity contribution in [3.63, 3.8) is 0 Å². The largest absolute Gasteiger partial charge is 0.464 e. The number of carbonyl (C=O) groups is 2. The van der Waals surface area contributed by atoms with E-state index >= 15 is 0 Å². The fraction of sp³-hybridized carbons (Fsp3) is 0.704. The smallest absolute Gasteiger partial charge is 0.328 e. The van der Waals surface area contributed by atoms with Gasteiger partial charge in [0.25, 0.3) is 5.91 Å². The number of carbonyl (C=O) groups excluding carboxylic acids is 2. The van der Waals surface area contributed by atoms with Gasteiger partial charge in [0, 0.05) is 12.1 Å². The van der Waals surface area contributed by atoms with Crippen LogP contribution in [-0.2, 0) is 16.0 Å². The Bertz CT molecular complexity index is 640. The Kier molecular flexibility index (Phi) is 12.3. The highest BCUT2D eigenvalue weighted by Crippen LogP contribution is 2.22. The van der Waals surface area contributed by atoms with Crippen LogP contribution in [0.4, 0.5) is 0 Å². The van der Waals surface area contributed by atoms with Crippen molar-refractivity contribution >= 4 is 11.9 Å². The first-order valence-corrected chi connectivity index (χ1v) is 12.7. The van der Waals surface area contributed by atoms with Crippen LogP contribution >= 0.6 is 0 Å². The first-order valence-electron chi connectivity index (χ1n) is 12.7. The van der Waals surface area contributed by atoms with E-state index in [9.17, 15) is 9.59 Å². The second-order valence-corrected chi connectivity index (χ2v) is 8.95. The molecule has 1 unspecified atom stereocenters. The Morgan fingerprint density at radius 1 is 0.871 bits per heavy atom. The Labute approximate surface area is 189 Å². The predicted octanol–water partition coefficient (Wildman–Crippen LogP) is 6.71. The van der Waals surface area contributed by atoms with Gasteiger partial charge in [-0.05, 0) is 49.8 Å². The van der Waals surface area contributed by atoms with E-state index in [2.05, 4.69) is 13.8 Å². The molecule has 0 aliphatic carbocycles. The fourth-order valence-corrected chi connectivity index (χ4v) is 4.30. The number of hydrogen-bond acceptors (Lipinski definition) is 3. The van der Waals surface area contributed by atoms with Gasteiger partial charge in [0.15, 0.2) is 0 Å². The first-order chi connectivity index (χ1) is 15.2. The molecule has 4 nitrogen and oxygen atoms in total. The summed E-state index contributed by atoms with van der Waals surface area (Å²) in [6.07, 6.45) is 16.1. The third-order valence-electron chi connectivity index (χ3n) is 6.30. The third-order valence-corrected chi connectivity index (χ3v) is 6.30. The number of hydrogen-bond donors (Lipinski definition) is 0. The normalized spacial score (nSPS) is 15.9. The summed E-state index contributed by atoms with van der Waals surface area (Å²) in [4.78, 5) is 27.2. The lowest BCUT2D eigenvalue weighted by molar-refractivity contribution is -0.148. The second kappa shape index (κ2) is 15.0. The molecular weight excluding hydrogens is 386 g/mol. The molecule has 0 radical (unpaired) electrons. The van der Waals surface area contributed by atoms with E-state index in [1.807, 2.05) is 24.3 Å². The maximum Gasteiger partial charge on any atom is 0.328 e. The van der Waals surface area contributed by atoms with Crippen LogP contribution in [0, 0.1) is 0 Å². The minimum absolute atomic E-state index is 0.0513. The van der Waals surface area contributed by atoms with E-state index in [4.69, 9.17) is 4.74 Å². The number of esters is 1. The van der Waals surface area contributed by atoms with Crippen LogP contribution < -0.4 is 0 Å². The maximum atomic E-state index is 12.9. The van der Waals surface area contributed by atoms with E-state index in [1.54, 1.807) is 4.90 Å². The lowest BCUT2D eigenvalue weighted by atomic mass is 10.1. The summed E-state index contributed by atoms with van der Waals surface area (Å²) in [5, 5.41) is 0. The topological polar surface area (TPSA) is 46.6 Å². The lowest BCUT2D eigenvalue weighted by Crippen LogP contribution is -2.41. The summed E-state index contributed by atoms with van der Waals surface area (Å²) in [6.45, 7) is 5.53. The van der Waals surface area contributed by atoms with E-state index in [1.165, 1.54) is 50.5 Å². The van der Waals surface area contributed by atoms with Crippen LogP contribution in [0.3, 0.4) is 0 Å². The summed E-state index contributed by atoms with van der Waals surface area (Å²) >= 11 is 0. The molecule has 174 valence electrons. The van der Waals surface area contributed by atoms with E-state index in [0.717, 1.165) is 38.5 Å².